The van der Waals surface area contributed by atoms with Gasteiger partial charge in [-0.3, -0.25) is 0 Å². The molecule has 2 heteroatoms. The Labute approximate surface area is 52.6 Å². The molecule has 0 aliphatic rings. The molecule has 1 radical (unpaired) electrons. The average molecular weight is 127 g/mol. The highest BCUT2D eigenvalue weighted by atomic mass is 32.1. The van der Waals surface area contributed by atoms with Crippen molar-refractivity contribution in [3.05, 3.63) is 15.8 Å². The number of aryl methyl sites for hydroxylation is 1. The summed E-state index contributed by atoms with van der Waals surface area (Å²) in [5.41, 5.74) is 0.954. The second-order valence-electron chi connectivity index (χ2n) is 1.73. The van der Waals surface area contributed by atoms with Gasteiger partial charge in [-0.2, -0.15) is 0 Å². The van der Waals surface area contributed by atoms with Crippen LogP contribution in [0, 0.1) is 19.2 Å². The van der Waals surface area contributed by atoms with E-state index in [-0.39, 0.29) is 0 Å². The Morgan fingerprint density at radius 1 is 1.50 bits per heavy atom. The highest BCUT2D eigenvalue weighted by molar-refractivity contribution is 7.09. The van der Waals surface area contributed by atoms with Crippen LogP contribution >= 0.6 is 11.3 Å². The van der Waals surface area contributed by atoms with Gasteiger partial charge in [0.25, 0.3) is 0 Å². The first-order chi connectivity index (χ1) is 3.72. The maximum absolute atomic E-state index is 8.89. The van der Waals surface area contributed by atoms with Crippen molar-refractivity contribution in [1.82, 2.24) is 0 Å². The van der Waals surface area contributed by atoms with Crippen molar-refractivity contribution in [2.75, 3.05) is 0 Å². The molecule has 8 heavy (non-hydrogen) atoms. The van der Waals surface area contributed by atoms with Crippen LogP contribution in [0.15, 0.2) is 0 Å². The topological polar surface area (TPSA) is 20.2 Å². The summed E-state index contributed by atoms with van der Waals surface area (Å²) in [5, 5.41) is 11.6. The minimum atomic E-state index is 0.299. The van der Waals surface area contributed by atoms with E-state index in [0.717, 1.165) is 10.4 Å². The van der Waals surface area contributed by atoms with Gasteiger partial charge < -0.3 is 5.11 Å². The molecule has 0 bridgehead atoms. The van der Waals surface area contributed by atoms with Gasteiger partial charge in [0.15, 0.2) is 0 Å². The van der Waals surface area contributed by atoms with Crippen molar-refractivity contribution in [3.8, 4) is 5.75 Å². The molecular formula is C6H7OS. The maximum Gasteiger partial charge on any atom is 0.138 e. The molecule has 0 saturated carbocycles. The second kappa shape index (κ2) is 1.78. The summed E-state index contributed by atoms with van der Waals surface area (Å²) in [5.74, 6) is 0.299. The molecule has 0 spiro atoms. The van der Waals surface area contributed by atoms with E-state index < -0.39 is 0 Å². The van der Waals surface area contributed by atoms with E-state index in [2.05, 4.69) is 5.38 Å². The lowest BCUT2D eigenvalue weighted by molar-refractivity contribution is 0.472. The van der Waals surface area contributed by atoms with Gasteiger partial charge in [-0.1, -0.05) is 0 Å². The van der Waals surface area contributed by atoms with Crippen molar-refractivity contribution >= 4 is 11.3 Å². The van der Waals surface area contributed by atoms with E-state index in [4.69, 9.17) is 5.11 Å². The van der Waals surface area contributed by atoms with E-state index in [1.54, 1.807) is 0 Å². The number of hydrogen-bond acceptors (Lipinski definition) is 2. The van der Waals surface area contributed by atoms with E-state index in [1.807, 2.05) is 13.8 Å². The highest BCUT2D eigenvalue weighted by Crippen LogP contribution is 2.24. The van der Waals surface area contributed by atoms with Crippen molar-refractivity contribution < 1.29 is 5.11 Å². The molecule has 0 aliphatic carbocycles. The number of aromatic hydroxyl groups is 1. The Morgan fingerprint density at radius 3 is 2.25 bits per heavy atom. The third-order valence-electron chi connectivity index (χ3n) is 1.18. The number of rotatable bonds is 0. The van der Waals surface area contributed by atoms with Gasteiger partial charge in [0.1, 0.15) is 5.75 Å². The second-order valence-corrected chi connectivity index (χ2v) is 2.75. The highest BCUT2D eigenvalue weighted by Gasteiger charge is 1.99. The van der Waals surface area contributed by atoms with Crippen molar-refractivity contribution in [3.63, 3.8) is 0 Å². The quantitative estimate of drug-likeness (QED) is 0.564. The molecule has 0 aromatic carbocycles. The fourth-order valence-corrected chi connectivity index (χ4v) is 1.10. The van der Waals surface area contributed by atoms with Gasteiger partial charge in [-0.15, -0.1) is 11.3 Å². The average Bonchev–Trinajstić information content (AvgIpc) is 1.98. The Hall–Kier alpha value is -0.500. The van der Waals surface area contributed by atoms with Gasteiger partial charge in [0.05, 0.1) is 5.38 Å². The standard InChI is InChI=1S/C6H7OS/c1-4-5(2)8-3-6(4)7/h7H,1-2H3. The van der Waals surface area contributed by atoms with Gasteiger partial charge in [0.2, 0.25) is 0 Å². The number of hydrogen-bond donors (Lipinski definition) is 1. The summed E-state index contributed by atoms with van der Waals surface area (Å²) in [4.78, 5) is 1.14. The lowest BCUT2D eigenvalue weighted by Crippen LogP contribution is -1.65. The predicted octanol–water partition coefficient (Wildman–Crippen LogP) is 1.87. The van der Waals surface area contributed by atoms with E-state index >= 15 is 0 Å². The summed E-state index contributed by atoms with van der Waals surface area (Å²) >= 11 is 1.46. The van der Waals surface area contributed by atoms with Crippen molar-refractivity contribution in [2.24, 2.45) is 0 Å². The molecule has 0 aliphatic heterocycles. The number of thiophene rings is 1. The molecular weight excluding hydrogens is 120 g/mol. The van der Waals surface area contributed by atoms with Crippen LogP contribution in [-0.2, 0) is 0 Å². The van der Waals surface area contributed by atoms with Crippen LogP contribution < -0.4 is 0 Å². The van der Waals surface area contributed by atoms with Crippen LogP contribution in [0.5, 0.6) is 5.75 Å². The zero-order valence-corrected chi connectivity index (χ0v) is 5.67. The lowest BCUT2D eigenvalue weighted by atomic mass is 10.3. The smallest absolute Gasteiger partial charge is 0.138 e. The van der Waals surface area contributed by atoms with Gasteiger partial charge in [0, 0.05) is 10.4 Å². The van der Waals surface area contributed by atoms with Crippen LogP contribution in [0.25, 0.3) is 0 Å². The minimum Gasteiger partial charge on any atom is -0.506 e. The van der Waals surface area contributed by atoms with E-state index in [9.17, 15) is 0 Å². The largest absolute Gasteiger partial charge is 0.506 e. The lowest BCUT2D eigenvalue weighted by Gasteiger charge is -1.85. The van der Waals surface area contributed by atoms with E-state index in [0.29, 0.717) is 5.75 Å². The van der Waals surface area contributed by atoms with Gasteiger partial charge in [-0.25, -0.2) is 0 Å². The Bertz CT molecular complexity index is 171. The summed E-state index contributed by atoms with van der Waals surface area (Å²) in [6.07, 6.45) is 0. The zero-order valence-electron chi connectivity index (χ0n) is 4.86. The van der Waals surface area contributed by atoms with Gasteiger partial charge >= 0.3 is 0 Å². The van der Waals surface area contributed by atoms with Gasteiger partial charge in [-0.05, 0) is 13.8 Å². The van der Waals surface area contributed by atoms with Crippen LogP contribution in [0.4, 0.5) is 0 Å². The molecule has 1 rings (SSSR count). The summed E-state index contributed by atoms with van der Waals surface area (Å²) < 4.78 is 0. The van der Waals surface area contributed by atoms with Crippen molar-refractivity contribution in [2.45, 2.75) is 13.8 Å². The molecule has 1 aromatic rings. The first-order valence-corrected chi connectivity index (χ1v) is 3.20. The Balaban J connectivity index is 3.19. The summed E-state index contributed by atoms with van der Waals surface area (Å²) in [7, 11) is 0. The third kappa shape index (κ3) is 0.713. The fourth-order valence-electron chi connectivity index (χ4n) is 0.445. The van der Waals surface area contributed by atoms with Crippen LogP contribution in [0.2, 0.25) is 0 Å². The Kier molecular flexibility index (Phi) is 1.26. The molecule has 1 heterocycles. The van der Waals surface area contributed by atoms with Crippen LogP contribution in [0.1, 0.15) is 10.4 Å². The Morgan fingerprint density at radius 2 is 2.12 bits per heavy atom. The summed E-state index contributed by atoms with van der Waals surface area (Å²) in [6, 6.07) is 0. The minimum absolute atomic E-state index is 0.299. The molecule has 0 amide bonds. The first kappa shape index (κ1) is 5.63. The SMILES string of the molecule is Cc1s[c]c(O)c1C. The predicted molar refractivity (Wildman–Crippen MR) is 34.3 cm³/mol. The first-order valence-electron chi connectivity index (χ1n) is 2.38. The molecule has 43 valence electrons. The molecule has 1 N–H and O–H groups in total. The fraction of sp³-hybridized carbons (Fsp3) is 0.333. The molecule has 0 fully saturated rings. The van der Waals surface area contributed by atoms with E-state index in [1.165, 1.54) is 11.3 Å². The molecule has 1 nitrogen and oxygen atoms in total. The molecule has 0 atom stereocenters. The van der Waals surface area contributed by atoms with Crippen molar-refractivity contribution in [1.29, 1.82) is 0 Å². The molecule has 0 unspecified atom stereocenters. The zero-order chi connectivity index (χ0) is 6.15. The maximum atomic E-state index is 8.89. The van der Waals surface area contributed by atoms with Crippen LogP contribution in [0.3, 0.4) is 0 Å². The normalized spacial score (nSPS) is 9.75. The molecule has 0 saturated heterocycles. The third-order valence-corrected chi connectivity index (χ3v) is 2.09. The monoisotopic (exact) mass is 127 g/mol. The molecule has 1 aromatic heterocycles. The van der Waals surface area contributed by atoms with Crippen LogP contribution in [-0.4, -0.2) is 5.11 Å². The summed E-state index contributed by atoms with van der Waals surface area (Å²) in [6.45, 7) is 3.86.